The molecule has 0 bridgehead atoms. The lowest BCUT2D eigenvalue weighted by molar-refractivity contribution is -0.138. The second kappa shape index (κ2) is 6.47. The molecule has 17 heavy (non-hydrogen) atoms. The third-order valence-corrected chi connectivity index (χ3v) is 1.89. The molecule has 0 atom stereocenters. The van der Waals surface area contributed by atoms with Crippen molar-refractivity contribution < 1.29 is 19.4 Å². The molecule has 2 N–H and O–H groups in total. The summed E-state index contributed by atoms with van der Waals surface area (Å²) in [7, 11) is 0. The molecule has 0 aliphatic rings. The monoisotopic (exact) mass is 238 g/mol. The second-order valence-electron chi connectivity index (χ2n) is 3.23. The highest BCUT2D eigenvalue weighted by Crippen LogP contribution is 2.20. The number of nitrogens with one attached hydrogen (secondary N) is 1. The van der Waals surface area contributed by atoms with Crippen LogP contribution in [0, 0.1) is 0 Å². The number of aromatic nitrogens is 1. The Balaban J connectivity index is 2.61. The molecular weight excluding hydrogens is 224 g/mol. The highest BCUT2D eigenvalue weighted by atomic mass is 16.5. The fraction of sp³-hybridized carbons (Fsp3) is 0.364. The molecule has 0 aromatic carbocycles. The maximum absolute atomic E-state index is 11.4. The number of pyridine rings is 1. The lowest BCUT2D eigenvalue weighted by Gasteiger charge is -2.09. The number of aliphatic carboxylic acids is 1. The van der Waals surface area contributed by atoms with E-state index in [0.717, 1.165) is 0 Å². The number of carbonyl (C=O) groups excluding carboxylic acids is 1. The standard InChI is InChI=1S/C11H14N2O4/c1-2-17-11-8(4-3-7-12-11)13-9(14)5-6-10(15)16/h3-4,7H,2,5-6H2,1H3,(H,13,14)(H,15,16). The highest BCUT2D eigenvalue weighted by molar-refractivity contribution is 5.93. The van der Waals surface area contributed by atoms with E-state index in [1.54, 1.807) is 18.3 Å². The minimum Gasteiger partial charge on any atom is -0.481 e. The van der Waals surface area contributed by atoms with Crippen LogP contribution >= 0.6 is 0 Å². The van der Waals surface area contributed by atoms with Gasteiger partial charge in [0.2, 0.25) is 11.8 Å². The summed E-state index contributed by atoms with van der Waals surface area (Å²) in [6.45, 7) is 2.25. The van der Waals surface area contributed by atoms with Gasteiger partial charge in [-0.25, -0.2) is 4.98 Å². The fourth-order valence-electron chi connectivity index (χ4n) is 1.17. The Morgan fingerprint density at radius 3 is 2.88 bits per heavy atom. The van der Waals surface area contributed by atoms with Crippen LogP contribution in [0.3, 0.4) is 0 Å². The van der Waals surface area contributed by atoms with Crippen molar-refractivity contribution in [2.45, 2.75) is 19.8 Å². The van der Waals surface area contributed by atoms with Gasteiger partial charge in [0.15, 0.2) is 0 Å². The van der Waals surface area contributed by atoms with Crippen molar-refractivity contribution in [2.24, 2.45) is 0 Å². The zero-order valence-corrected chi connectivity index (χ0v) is 9.47. The van der Waals surface area contributed by atoms with Crippen LogP contribution in [0.25, 0.3) is 0 Å². The Labute approximate surface area is 98.6 Å². The van der Waals surface area contributed by atoms with E-state index < -0.39 is 5.97 Å². The molecule has 1 heterocycles. The van der Waals surface area contributed by atoms with E-state index in [-0.39, 0.29) is 18.7 Å². The summed E-state index contributed by atoms with van der Waals surface area (Å²) in [6, 6.07) is 3.31. The van der Waals surface area contributed by atoms with Crippen LogP contribution in [-0.2, 0) is 9.59 Å². The Bertz CT molecular complexity index is 406. The first-order valence-corrected chi connectivity index (χ1v) is 5.23. The van der Waals surface area contributed by atoms with E-state index in [0.29, 0.717) is 18.2 Å². The number of carbonyl (C=O) groups is 2. The lowest BCUT2D eigenvalue weighted by atomic mass is 10.3. The molecule has 0 unspecified atom stereocenters. The SMILES string of the molecule is CCOc1ncccc1NC(=O)CCC(=O)O. The van der Waals surface area contributed by atoms with Gasteiger partial charge in [0.1, 0.15) is 5.69 Å². The fourth-order valence-corrected chi connectivity index (χ4v) is 1.17. The van der Waals surface area contributed by atoms with Crippen LogP contribution in [0.4, 0.5) is 5.69 Å². The number of carboxylic acids is 1. The van der Waals surface area contributed by atoms with E-state index in [1.165, 1.54) is 0 Å². The molecule has 0 fully saturated rings. The largest absolute Gasteiger partial charge is 0.481 e. The Kier molecular flexibility index (Phi) is 4.93. The van der Waals surface area contributed by atoms with Crippen molar-refractivity contribution in [3.8, 4) is 5.88 Å². The summed E-state index contributed by atoms with van der Waals surface area (Å²) in [5.41, 5.74) is 0.449. The van der Waals surface area contributed by atoms with Crippen LogP contribution in [0.15, 0.2) is 18.3 Å². The lowest BCUT2D eigenvalue weighted by Crippen LogP contribution is -2.14. The van der Waals surface area contributed by atoms with Crippen molar-refractivity contribution >= 4 is 17.6 Å². The molecule has 0 aliphatic carbocycles. The minimum absolute atomic E-state index is 0.0736. The summed E-state index contributed by atoms with van der Waals surface area (Å²) >= 11 is 0. The molecule has 0 saturated carbocycles. The molecule has 1 rings (SSSR count). The third kappa shape index (κ3) is 4.50. The number of ether oxygens (including phenoxy) is 1. The van der Waals surface area contributed by atoms with E-state index in [2.05, 4.69) is 10.3 Å². The van der Waals surface area contributed by atoms with Crippen LogP contribution in [0.1, 0.15) is 19.8 Å². The Hall–Kier alpha value is -2.11. The zero-order chi connectivity index (χ0) is 12.7. The number of amides is 1. The van der Waals surface area contributed by atoms with Crippen LogP contribution in [0.5, 0.6) is 5.88 Å². The van der Waals surface area contributed by atoms with Crippen LogP contribution in [0.2, 0.25) is 0 Å². The van der Waals surface area contributed by atoms with Gasteiger partial charge >= 0.3 is 5.97 Å². The predicted molar refractivity (Wildman–Crippen MR) is 60.9 cm³/mol. The molecule has 0 spiro atoms. The van der Waals surface area contributed by atoms with Gasteiger partial charge in [-0.15, -0.1) is 0 Å². The normalized spacial score (nSPS) is 9.71. The van der Waals surface area contributed by atoms with Crippen LogP contribution < -0.4 is 10.1 Å². The van der Waals surface area contributed by atoms with Crippen LogP contribution in [-0.4, -0.2) is 28.6 Å². The maximum Gasteiger partial charge on any atom is 0.303 e. The summed E-state index contributed by atoms with van der Waals surface area (Å²) < 4.78 is 5.22. The van der Waals surface area contributed by atoms with Crippen molar-refractivity contribution in [1.29, 1.82) is 0 Å². The summed E-state index contributed by atoms with van der Waals surface area (Å²) in [4.78, 5) is 25.7. The summed E-state index contributed by atoms with van der Waals surface area (Å²) in [5, 5.41) is 11.0. The maximum atomic E-state index is 11.4. The predicted octanol–water partition coefficient (Wildman–Crippen LogP) is 1.28. The zero-order valence-electron chi connectivity index (χ0n) is 9.47. The van der Waals surface area contributed by atoms with E-state index in [4.69, 9.17) is 9.84 Å². The number of rotatable bonds is 6. The molecule has 1 aromatic heterocycles. The Morgan fingerprint density at radius 2 is 2.24 bits per heavy atom. The number of hydrogen-bond acceptors (Lipinski definition) is 4. The van der Waals surface area contributed by atoms with Crippen molar-refractivity contribution in [2.75, 3.05) is 11.9 Å². The van der Waals surface area contributed by atoms with Gasteiger partial charge < -0.3 is 15.2 Å². The minimum atomic E-state index is -1.00. The van der Waals surface area contributed by atoms with Crippen molar-refractivity contribution in [1.82, 2.24) is 4.98 Å². The molecule has 1 amide bonds. The van der Waals surface area contributed by atoms with Gasteiger partial charge in [-0.3, -0.25) is 9.59 Å². The van der Waals surface area contributed by atoms with Crippen molar-refractivity contribution in [3.05, 3.63) is 18.3 Å². The first kappa shape index (κ1) is 13.0. The van der Waals surface area contributed by atoms with Gasteiger partial charge in [-0.2, -0.15) is 0 Å². The summed E-state index contributed by atoms with van der Waals surface area (Å²) in [6.07, 6.45) is 1.28. The average Bonchev–Trinajstić information content (AvgIpc) is 2.29. The molecule has 92 valence electrons. The molecule has 0 saturated heterocycles. The van der Waals surface area contributed by atoms with E-state index >= 15 is 0 Å². The van der Waals surface area contributed by atoms with Gasteiger partial charge in [0.05, 0.1) is 13.0 Å². The highest BCUT2D eigenvalue weighted by Gasteiger charge is 2.09. The van der Waals surface area contributed by atoms with Gasteiger partial charge in [-0.05, 0) is 19.1 Å². The van der Waals surface area contributed by atoms with Crippen molar-refractivity contribution in [3.63, 3.8) is 0 Å². The Morgan fingerprint density at radius 1 is 1.47 bits per heavy atom. The molecule has 0 radical (unpaired) electrons. The number of carboxylic acid groups (broad SMARTS) is 1. The third-order valence-electron chi connectivity index (χ3n) is 1.89. The molecular formula is C11H14N2O4. The molecule has 6 heteroatoms. The quantitative estimate of drug-likeness (QED) is 0.779. The number of hydrogen-bond donors (Lipinski definition) is 2. The van der Waals surface area contributed by atoms with Gasteiger partial charge in [-0.1, -0.05) is 0 Å². The molecule has 0 aliphatic heterocycles. The molecule has 1 aromatic rings. The molecule has 6 nitrogen and oxygen atoms in total. The summed E-state index contributed by atoms with van der Waals surface area (Å²) in [5.74, 6) is -1.05. The topological polar surface area (TPSA) is 88.5 Å². The first-order valence-electron chi connectivity index (χ1n) is 5.23. The van der Waals surface area contributed by atoms with Gasteiger partial charge in [0.25, 0.3) is 0 Å². The number of anilines is 1. The van der Waals surface area contributed by atoms with E-state index in [9.17, 15) is 9.59 Å². The van der Waals surface area contributed by atoms with Gasteiger partial charge in [0, 0.05) is 12.6 Å². The van der Waals surface area contributed by atoms with E-state index in [1.807, 2.05) is 6.92 Å². The number of nitrogens with zero attached hydrogens (tertiary/aromatic N) is 1. The first-order chi connectivity index (χ1) is 8.13. The second-order valence-corrected chi connectivity index (χ2v) is 3.23. The average molecular weight is 238 g/mol. The smallest absolute Gasteiger partial charge is 0.303 e.